The number of hydrogen-bond donors (Lipinski definition) is 0. The number of oxime groups is 1. The average molecular weight is 430 g/mol. The molecule has 0 aliphatic heterocycles. The van der Waals surface area contributed by atoms with Crippen molar-refractivity contribution < 1.29 is 35.6 Å². The predicted molar refractivity (Wildman–Crippen MR) is 97.1 cm³/mol. The Hall–Kier alpha value is -1.31. The molecule has 0 spiro atoms. The summed E-state index contributed by atoms with van der Waals surface area (Å²) in [6, 6.07) is 0. The Labute approximate surface area is 157 Å². The molecule has 1 rings (SSSR count). The molecule has 0 aliphatic carbocycles. The monoisotopic (exact) mass is 429 g/mol. The van der Waals surface area contributed by atoms with Crippen molar-refractivity contribution in [3.05, 3.63) is 34.6 Å². The van der Waals surface area contributed by atoms with Crippen LogP contribution in [0.25, 0.3) is 0 Å². The highest BCUT2D eigenvalue weighted by Gasteiger charge is 2.26. The lowest BCUT2D eigenvalue weighted by Crippen LogP contribution is -2.33. The first-order valence-corrected chi connectivity index (χ1v) is 15.0. The van der Waals surface area contributed by atoms with Crippen LogP contribution in [0.3, 0.4) is 0 Å². The summed E-state index contributed by atoms with van der Waals surface area (Å²) >= 11 is 0. The first-order valence-electron chi connectivity index (χ1n) is 8.19. The highest BCUT2D eigenvalue weighted by atomic mass is 28.4. The Kier molecular flexibility index (Phi) is 8.14. The third kappa shape index (κ3) is 7.68. The second-order valence-electron chi connectivity index (χ2n) is 7.78. The SMILES string of the molecule is C[Si](C)(C)OCC(CO[Si](C)(C)C)=NOCc1c(F)c(F)c(F)c(F)c1F. The highest BCUT2D eigenvalue weighted by Crippen LogP contribution is 2.23. The zero-order valence-electron chi connectivity index (χ0n) is 16.2. The first-order chi connectivity index (χ1) is 12.2. The maximum Gasteiger partial charge on any atom is 0.200 e. The summed E-state index contributed by atoms with van der Waals surface area (Å²) in [7, 11) is -3.76. The number of benzene rings is 1. The van der Waals surface area contributed by atoms with Crippen LogP contribution >= 0.6 is 0 Å². The van der Waals surface area contributed by atoms with Gasteiger partial charge in [0.05, 0.1) is 18.8 Å². The van der Waals surface area contributed by atoms with Crippen LogP contribution in [0, 0.1) is 29.1 Å². The molecule has 0 N–H and O–H groups in total. The van der Waals surface area contributed by atoms with E-state index in [0.717, 1.165) is 0 Å². The van der Waals surface area contributed by atoms with Crippen LogP contribution in [0.1, 0.15) is 5.56 Å². The van der Waals surface area contributed by atoms with Gasteiger partial charge < -0.3 is 13.7 Å². The summed E-state index contributed by atoms with van der Waals surface area (Å²) in [6.07, 6.45) is 0. The summed E-state index contributed by atoms with van der Waals surface area (Å²) in [5.41, 5.74) is -0.768. The van der Waals surface area contributed by atoms with E-state index in [0.29, 0.717) is 5.71 Å². The second-order valence-corrected chi connectivity index (χ2v) is 16.8. The van der Waals surface area contributed by atoms with Crippen LogP contribution in [0.5, 0.6) is 0 Å². The highest BCUT2D eigenvalue weighted by molar-refractivity contribution is 6.70. The normalized spacial score (nSPS) is 12.3. The molecule has 0 amide bonds. The molecule has 1 aromatic rings. The molecule has 11 heteroatoms. The number of halogens is 5. The zero-order valence-corrected chi connectivity index (χ0v) is 18.2. The predicted octanol–water partition coefficient (Wildman–Crippen LogP) is 4.96. The van der Waals surface area contributed by atoms with Crippen molar-refractivity contribution in [3.8, 4) is 0 Å². The van der Waals surface area contributed by atoms with E-state index in [1.807, 2.05) is 39.3 Å². The lowest BCUT2D eigenvalue weighted by molar-refractivity contribution is 0.119. The van der Waals surface area contributed by atoms with Gasteiger partial charge in [-0.1, -0.05) is 5.16 Å². The molecule has 0 aliphatic rings. The smallest absolute Gasteiger partial charge is 0.200 e. The van der Waals surface area contributed by atoms with Gasteiger partial charge in [-0.15, -0.1) is 0 Å². The van der Waals surface area contributed by atoms with E-state index >= 15 is 0 Å². The Balaban J connectivity index is 2.93. The zero-order chi connectivity index (χ0) is 21.0. The molecule has 154 valence electrons. The van der Waals surface area contributed by atoms with E-state index in [2.05, 4.69) is 5.16 Å². The fourth-order valence-electron chi connectivity index (χ4n) is 1.66. The third-order valence-corrected chi connectivity index (χ3v) is 5.07. The molecular formula is C16H24F5NO3Si2. The van der Waals surface area contributed by atoms with Gasteiger partial charge in [0, 0.05) is 0 Å². The van der Waals surface area contributed by atoms with Crippen molar-refractivity contribution in [1.29, 1.82) is 0 Å². The van der Waals surface area contributed by atoms with E-state index < -0.39 is 57.9 Å². The average Bonchev–Trinajstić information content (AvgIpc) is 2.54. The van der Waals surface area contributed by atoms with Gasteiger partial charge >= 0.3 is 0 Å². The van der Waals surface area contributed by atoms with E-state index in [1.54, 1.807) is 0 Å². The van der Waals surface area contributed by atoms with Crippen molar-refractivity contribution in [3.63, 3.8) is 0 Å². The Morgan fingerprint density at radius 1 is 0.704 bits per heavy atom. The quantitative estimate of drug-likeness (QED) is 0.139. The molecular weight excluding hydrogens is 405 g/mol. The van der Waals surface area contributed by atoms with E-state index in [-0.39, 0.29) is 13.2 Å². The van der Waals surface area contributed by atoms with Crippen molar-refractivity contribution in [2.75, 3.05) is 13.2 Å². The molecule has 0 aromatic heterocycles. The summed E-state index contributed by atoms with van der Waals surface area (Å²) < 4.78 is 78.2. The van der Waals surface area contributed by atoms with E-state index in [1.165, 1.54) is 0 Å². The van der Waals surface area contributed by atoms with Crippen molar-refractivity contribution in [2.45, 2.75) is 45.9 Å². The maximum atomic E-state index is 13.6. The Bertz CT molecular complexity index is 654. The summed E-state index contributed by atoms with van der Waals surface area (Å²) in [5.74, 6) is -10.2. The lowest BCUT2D eigenvalue weighted by Gasteiger charge is -2.21. The fraction of sp³-hybridized carbons (Fsp3) is 0.562. The number of rotatable bonds is 9. The van der Waals surface area contributed by atoms with Crippen molar-refractivity contribution >= 4 is 22.3 Å². The van der Waals surface area contributed by atoms with Crippen LogP contribution in [-0.4, -0.2) is 35.6 Å². The molecule has 0 radical (unpaired) electrons. The molecule has 0 saturated heterocycles. The lowest BCUT2D eigenvalue weighted by atomic mass is 10.2. The molecule has 1 aromatic carbocycles. The minimum Gasteiger partial charge on any atom is -0.412 e. The van der Waals surface area contributed by atoms with Gasteiger partial charge in [0.25, 0.3) is 0 Å². The van der Waals surface area contributed by atoms with Gasteiger partial charge in [0.1, 0.15) is 12.3 Å². The largest absolute Gasteiger partial charge is 0.412 e. The van der Waals surface area contributed by atoms with Gasteiger partial charge in [-0.3, -0.25) is 0 Å². The molecule has 0 bridgehead atoms. The van der Waals surface area contributed by atoms with Crippen LogP contribution in [0.15, 0.2) is 5.16 Å². The summed E-state index contributed by atoms with van der Waals surface area (Å²) in [5, 5.41) is 3.73. The molecule has 4 nitrogen and oxygen atoms in total. The molecule has 0 atom stereocenters. The Morgan fingerprint density at radius 3 is 1.44 bits per heavy atom. The van der Waals surface area contributed by atoms with Gasteiger partial charge in [-0.05, 0) is 39.3 Å². The molecule has 0 unspecified atom stereocenters. The molecule has 0 saturated carbocycles. The van der Waals surface area contributed by atoms with Gasteiger partial charge in [-0.2, -0.15) is 0 Å². The standard InChI is InChI=1S/C16H24F5NO3Si2/c1-26(2,3)24-7-10(8-25-27(4,5)6)22-23-9-11-12(17)14(19)16(21)15(20)13(11)18/h7-9H2,1-6H3. The number of hydrogen-bond acceptors (Lipinski definition) is 4. The van der Waals surface area contributed by atoms with E-state index in [9.17, 15) is 22.0 Å². The number of nitrogens with zero attached hydrogens (tertiary/aromatic N) is 1. The summed E-state index contributed by atoms with van der Waals surface area (Å²) in [6.45, 7) is 11.0. The molecule has 27 heavy (non-hydrogen) atoms. The summed E-state index contributed by atoms with van der Waals surface area (Å²) in [4.78, 5) is 4.85. The van der Waals surface area contributed by atoms with Crippen molar-refractivity contribution in [1.82, 2.24) is 0 Å². The maximum absolute atomic E-state index is 13.6. The van der Waals surface area contributed by atoms with Crippen LogP contribution in [-0.2, 0) is 20.3 Å². The van der Waals surface area contributed by atoms with Crippen molar-refractivity contribution in [2.24, 2.45) is 5.16 Å². The Morgan fingerprint density at radius 2 is 1.07 bits per heavy atom. The topological polar surface area (TPSA) is 40.0 Å². The van der Waals surface area contributed by atoms with Gasteiger partial charge in [0.2, 0.25) is 5.82 Å². The van der Waals surface area contributed by atoms with Gasteiger partial charge in [-0.25, -0.2) is 22.0 Å². The van der Waals surface area contributed by atoms with Crippen LogP contribution in [0.4, 0.5) is 22.0 Å². The van der Waals surface area contributed by atoms with Gasteiger partial charge in [0.15, 0.2) is 39.9 Å². The first kappa shape index (κ1) is 23.7. The molecule has 0 heterocycles. The third-order valence-electron chi connectivity index (χ3n) is 3.05. The van der Waals surface area contributed by atoms with Crippen LogP contribution < -0.4 is 0 Å². The second kappa shape index (κ2) is 9.26. The van der Waals surface area contributed by atoms with E-state index in [4.69, 9.17) is 13.7 Å². The van der Waals surface area contributed by atoms with Crippen LogP contribution in [0.2, 0.25) is 39.3 Å². The minimum absolute atomic E-state index is 0.0807. The minimum atomic E-state index is -2.22. The fourth-order valence-corrected chi connectivity index (χ4v) is 2.86. The molecule has 0 fully saturated rings.